The Morgan fingerprint density at radius 3 is 2.53 bits per heavy atom. The quantitative estimate of drug-likeness (QED) is 0.632. The third-order valence-electron chi connectivity index (χ3n) is 2.30. The molecular weight excluding hydrogens is 316 g/mol. The predicted octanol–water partition coefficient (Wildman–Crippen LogP) is 1.70. The second-order valence-corrected chi connectivity index (χ2v) is 7.69. The van der Waals surface area contributed by atoms with Crippen LogP contribution in [0.4, 0.5) is 5.69 Å². The van der Waals surface area contributed by atoms with Gasteiger partial charge in [-0.05, 0) is 13.8 Å². The third-order valence-corrected chi connectivity index (χ3v) is 6.16. The number of halogens is 1. The molecule has 0 unspecified atom stereocenters. The van der Waals surface area contributed by atoms with Gasteiger partial charge in [0.25, 0.3) is 15.7 Å². The molecule has 0 amide bonds. The summed E-state index contributed by atoms with van der Waals surface area (Å²) < 4.78 is 25.3. The van der Waals surface area contributed by atoms with E-state index in [1.807, 2.05) is 0 Å². The number of nitrogens with zero attached hydrogens (tertiary/aromatic N) is 2. The molecule has 1 N–H and O–H groups in total. The average molecular weight is 329 g/mol. The summed E-state index contributed by atoms with van der Waals surface area (Å²) in [6.07, 6.45) is 0. The first-order chi connectivity index (χ1) is 8.71. The number of aliphatic hydroxyl groups is 1. The zero-order chi connectivity index (χ0) is 14.8. The van der Waals surface area contributed by atoms with Crippen LogP contribution in [0.1, 0.15) is 13.8 Å². The van der Waals surface area contributed by atoms with Crippen LogP contribution in [0.15, 0.2) is 10.3 Å². The van der Waals surface area contributed by atoms with Gasteiger partial charge in [0.15, 0.2) is 4.34 Å². The Morgan fingerprint density at radius 2 is 2.16 bits per heavy atom. The van der Waals surface area contributed by atoms with Crippen LogP contribution in [0.2, 0.25) is 4.34 Å². The van der Waals surface area contributed by atoms with Crippen molar-refractivity contribution >= 4 is 38.6 Å². The molecule has 0 bridgehead atoms. The summed E-state index contributed by atoms with van der Waals surface area (Å²) in [5.41, 5.74) is -0.432. The lowest BCUT2D eigenvalue weighted by atomic mass is 10.4. The molecule has 0 aliphatic heterocycles. The predicted molar refractivity (Wildman–Crippen MR) is 72.1 cm³/mol. The van der Waals surface area contributed by atoms with E-state index >= 15 is 0 Å². The van der Waals surface area contributed by atoms with Gasteiger partial charge in [-0.3, -0.25) is 10.1 Å². The normalized spacial score (nSPS) is 12.3. The molecule has 1 heterocycles. The molecule has 0 aromatic carbocycles. The van der Waals surface area contributed by atoms with Crippen molar-refractivity contribution in [3.8, 4) is 0 Å². The molecule has 0 radical (unpaired) electrons. The Hall–Kier alpha value is -0.740. The van der Waals surface area contributed by atoms with Crippen LogP contribution < -0.4 is 0 Å². The van der Waals surface area contributed by atoms with Crippen LogP contribution in [0.3, 0.4) is 0 Å². The van der Waals surface area contributed by atoms with Gasteiger partial charge in [0, 0.05) is 18.7 Å². The van der Waals surface area contributed by atoms with Crippen molar-refractivity contribution in [3.05, 3.63) is 20.5 Å². The Labute approximate surface area is 119 Å². The first-order valence-corrected chi connectivity index (χ1v) is 7.91. The lowest BCUT2D eigenvalue weighted by Gasteiger charge is -2.23. The molecule has 108 valence electrons. The lowest BCUT2D eigenvalue weighted by molar-refractivity contribution is -0.384. The molecular formula is C9H13ClN2O5S2. The topological polar surface area (TPSA) is 101 Å². The number of rotatable bonds is 6. The smallest absolute Gasteiger partial charge is 0.300 e. The van der Waals surface area contributed by atoms with Crippen molar-refractivity contribution in [2.75, 3.05) is 13.2 Å². The van der Waals surface area contributed by atoms with Crippen LogP contribution in [0, 0.1) is 10.1 Å². The summed E-state index contributed by atoms with van der Waals surface area (Å²) in [5, 5.41) is 19.6. The summed E-state index contributed by atoms with van der Waals surface area (Å²) in [6, 6.07) is 0.562. The van der Waals surface area contributed by atoms with Gasteiger partial charge < -0.3 is 5.11 Å². The standard InChI is InChI=1S/C9H13ClN2O5S2/c1-6(2)11(3-4-13)19(16,17)8-5-7(12(14)15)9(10)18-8/h5-6,13H,3-4H2,1-2H3. The number of thiophene rings is 1. The Bertz CT molecular complexity index is 569. The molecule has 0 aliphatic carbocycles. The number of aliphatic hydroxyl groups excluding tert-OH is 1. The van der Waals surface area contributed by atoms with Crippen molar-refractivity contribution in [2.24, 2.45) is 0 Å². The van der Waals surface area contributed by atoms with Gasteiger partial charge in [-0.15, -0.1) is 11.3 Å². The molecule has 1 rings (SSSR count). The highest BCUT2D eigenvalue weighted by Gasteiger charge is 2.31. The highest BCUT2D eigenvalue weighted by atomic mass is 35.5. The Balaban J connectivity index is 3.26. The number of hydrogen-bond donors (Lipinski definition) is 1. The summed E-state index contributed by atoms with van der Waals surface area (Å²) in [5.74, 6) is 0. The van der Waals surface area contributed by atoms with E-state index in [0.29, 0.717) is 11.3 Å². The zero-order valence-corrected chi connectivity index (χ0v) is 12.6. The van der Waals surface area contributed by atoms with Crippen molar-refractivity contribution in [2.45, 2.75) is 24.1 Å². The SMILES string of the molecule is CC(C)N(CCO)S(=O)(=O)c1cc([N+](=O)[O-])c(Cl)s1. The van der Waals surface area contributed by atoms with Crippen LogP contribution in [0.5, 0.6) is 0 Å². The molecule has 0 saturated heterocycles. The fourth-order valence-corrected chi connectivity index (χ4v) is 4.88. The van der Waals surface area contributed by atoms with Crippen LogP contribution in [0.25, 0.3) is 0 Å². The maximum Gasteiger partial charge on any atom is 0.300 e. The molecule has 0 spiro atoms. The minimum atomic E-state index is -3.89. The van der Waals surface area contributed by atoms with Gasteiger partial charge in [0.1, 0.15) is 4.21 Å². The largest absolute Gasteiger partial charge is 0.395 e. The minimum absolute atomic E-state index is 0.0800. The van der Waals surface area contributed by atoms with Crippen molar-refractivity contribution in [3.63, 3.8) is 0 Å². The van der Waals surface area contributed by atoms with E-state index in [1.54, 1.807) is 13.8 Å². The van der Waals surface area contributed by atoms with E-state index in [2.05, 4.69) is 0 Å². The van der Waals surface area contributed by atoms with E-state index in [1.165, 1.54) is 0 Å². The number of sulfonamides is 1. The van der Waals surface area contributed by atoms with Gasteiger partial charge in [-0.1, -0.05) is 11.6 Å². The van der Waals surface area contributed by atoms with Gasteiger partial charge in [-0.2, -0.15) is 4.31 Å². The monoisotopic (exact) mass is 328 g/mol. The summed E-state index contributed by atoms with van der Waals surface area (Å²) in [6.45, 7) is 2.88. The highest BCUT2D eigenvalue weighted by molar-refractivity contribution is 7.91. The molecule has 7 nitrogen and oxygen atoms in total. The van der Waals surface area contributed by atoms with Gasteiger partial charge in [0.2, 0.25) is 0 Å². The van der Waals surface area contributed by atoms with E-state index in [9.17, 15) is 18.5 Å². The van der Waals surface area contributed by atoms with E-state index in [4.69, 9.17) is 16.7 Å². The molecule has 0 aliphatic rings. The van der Waals surface area contributed by atoms with Crippen molar-refractivity contribution < 1.29 is 18.4 Å². The zero-order valence-electron chi connectivity index (χ0n) is 10.2. The second kappa shape index (κ2) is 6.14. The highest BCUT2D eigenvalue weighted by Crippen LogP contribution is 2.37. The number of hydrogen-bond acceptors (Lipinski definition) is 6. The molecule has 19 heavy (non-hydrogen) atoms. The summed E-state index contributed by atoms with van der Waals surface area (Å²) >= 11 is 6.29. The lowest BCUT2D eigenvalue weighted by Crippen LogP contribution is -2.38. The van der Waals surface area contributed by atoms with Crippen LogP contribution in [-0.2, 0) is 10.0 Å². The molecule has 1 aromatic rings. The Kier molecular flexibility index (Phi) is 5.27. The Morgan fingerprint density at radius 1 is 1.58 bits per heavy atom. The molecule has 0 fully saturated rings. The fraction of sp³-hybridized carbons (Fsp3) is 0.556. The van der Waals surface area contributed by atoms with Gasteiger partial charge in [-0.25, -0.2) is 8.42 Å². The third kappa shape index (κ3) is 3.42. The molecule has 0 atom stereocenters. The average Bonchev–Trinajstić information content (AvgIpc) is 2.68. The van der Waals surface area contributed by atoms with Crippen LogP contribution >= 0.6 is 22.9 Å². The molecule has 1 aromatic heterocycles. The maximum absolute atomic E-state index is 12.3. The first-order valence-electron chi connectivity index (χ1n) is 5.28. The van der Waals surface area contributed by atoms with Gasteiger partial charge >= 0.3 is 0 Å². The molecule has 0 saturated carbocycles. The maximum atomic E-state index is 12.3. The summed E-state index contributed by atoms with van der Waals surface area (Å²) in [4.78, 5) is 9.94. The number of nitro groups is 1. The second-order valence-electron chi connectivity index (χ2n) is 3.91. The fourth-order valence-electron chi connectivity index (χ4n) is 1.46. The molecule has 10 heteroatoms. The minimum Gasteiger partial charge on any atom is -0.395 e. The van der Waals surface area contributed by atoms with Crippen molar-refractivity contribution in [1.82, 2.24) is 4.31 Å². The van der Waals surface area contributed by atoms with E-state index in [-0.39, 0.29) is 27.7 Å². The first kappa shape index (κ1) is 16.3. The van der Waals surface area contributed by atoms with Crippen LogP contribution in [-0.4, -0.2) is 41.9 Å². The van der Waals surface area contributed by atoms with E-state index in [0.717, 1.165) is 10.4 Å². The van der Waals surface area contributed by atoms with Crippen molar-refractivity contribution in [1.29, 1.82) is 0 Å². The van der Waals surface area contributed by atoms with E-state index < -0.39 is 20.6 Å². The van der Waals surface area contributed by atoms with Gasteiger partial charge in [0.05, 0.1) is 11.5 Å². The summed E-state index contributed by atoms with van der Waals surface area (Å²) in [7, 11) is -3.89.